The Morgan fingerprint density at radius 1 is 1.00 bits per heavy atom. The molecule has 31 heavy (non-hydrogen) atoms. The molecule has 2 aromatic rings. The zero-order chi connectivity index (χ0) is 22.4. The Morgan fingerprint density at radius 3 is 2.45 bits per heavy atom. The van der Waals surface area contributed by atoms with Gasteiger partial charge in [-0.25, -0.2) is 14.6 Å². The van der Waals surface area contributed by atoms with Gasteiger partial charge in [0.25, 0.3) is 5.91 Å². The molecule has 0 bridgehead atoms. The summed E-state index contributed by atoms with van der Waals surface area (Å²) >= 11 is 0. The highest BCUT2D eigenvalue weighted by Gasteiger charge is 2.24. The van der Waals surface area contributed by atoms with Gasteiger partial charge in [0.2, 0.25) is 11.8 Å². The van der Waals surface area contributed by atoms with E-state index in [2.05, 4.69) is 15.5 Å². The average Bonchev–Trinajstić information content (AvgIpc) is 2.78. The number of methoxy groups -OCH3 is 1. The quantitative estimate of drug-likeness (QED) is 0.669. The molecule has 0 spiro atoms. The van der Waals surface area contributed by atoms with Gasteiger partial charge in [-0.2, -0.15) is 0 Å². The predicted octanol–water partition coefficient (Wildman–Crippen LogP) is 1.43. The van der Waals surface area contributed by atoms with Crippen molar-refractivity contribution in [2.45, 2.75) is 12.8 Å². The fourth-order valence-corrected chi connectivity index (χ4v) is 2.78. The summed E-state index contributed by atoms with van der Waals surface area (Å²) in [6, 6.07) is 11.9. The number of nitrogens with zero attached hydrogens (tertiary/aromatic N) is 1. The third kappa shape index (κ3) is 5.44. The van der Waals surface area contributed by atoms with Gasteiger partial charge in [-0.15, -0.1) is 0 Å². The maximum atomic E-state index is 12.2. The molecular formula is C21H19N3O7. The van der Waals surface area contributed by atoms with Crippen LogP contribution in [0, 0.1) is 0 Å². The summed E-state index contributed by atoms with van der Waals surface area (Å²) in [4.78, 5) is 59.1. The summed E-state index contributed by atoms with van der Waals surface area (Å²) in [7, 11) is 1.25. The molecule has 3 amide bonds. The monoisotopic (exact) mass is 425 g/mol. The third-order valence-electron chi connectivity index (χ3n) is 4.31. The number of esters is 2. The summed E-state index contributed by atoms with van der Waals surface area (Å²) in [6.07, 6.45) is 0.238. The average molecular weight is 425 g/mol. The summed E-state index contributed by atoms with van der Waals surface area (Å²) in [5.74, 6) is -2.40. The molecule has 1 heterocycles. The van der Waals surface area contributed by atoms with E-state index >= 15 is 0 Å². The smallest absolute Gasteiger partial charge is 0.338 e. The minimum Gasteiger partial charge on any atom is -0.465 e. The maximum absolute atomic E-state index is 12.2. The number of carbonyl (C=O) groups is 5. The zero-order valence-electron chi connectivity index (χ0n) is 16.5. The van der Waals surface area contributed by atoms with E-state index in [-0.39, 0.29) is 35.8 Å². The molecule has 10 heteroatoms. The lowest BCUT2D eigenvalue weighted by Crippen LogP contribution is -2.50. The topological polar surface area (TPSA) is 131 Å². The number of carbonyl (C=O) groups excluding carboxylic acids is 5. The first-order chi connectivity index (χ1) is 14.9. The Hall–Kier alpha value is -4.21. The van der Waals surface area contributed by atoms with Crippen molar-refractivity contribution in [3.8, 4) is 0 Å². The second kappa shape index (κ2) is 9.53. The van der Waals surface area contributed by atoms with E-state index in [1.54, 1.807) is 12.1 Å². The van der Waals surface area contributed by atoms with Gasteiger partial charge in [-0.3, -0.25) is 19.8 Å². The van der Waals surface area contributed by atoms with Gasteiger partial charge in [0, 0.05) is 18.5 Å². The lowest BCUT2D eigenvalue weighted by molar-refractivity contribution is -0.130. The van der Waals surface area contributed by atoms with Crippen molar-refractivity contribution < 1.29 is 33.4 Å². The van der Waals surface area contributed by atoms with Crippen molar-refractivity contribution >= 4 is 41.0 Å². The first-order valence-electron chi connectivity index (χ1n) is 9.25. The first kappa shape index (κ1) is 21.5. The molecule has 0 aromatic heterocycles. The molecule has 2 N–H and O–H groups in total. The Balaban J connectivity index is 1.54. The number of hydrazine groups is 1. The molecular weight excluding hydrogens is 406 g/mol. The standard InChI is InChI=1S/C21H19N3O7/c1-30-20(28)14-3-2-4-15(11-14)22-18(26)12-31-21(29)13-5-7-16(8-6-13)24-19(27)10-9-17(25)23-24/h2-8,11H,9-10,12H2,1H3,(H,22,26)(H,23,25). The Bertz CT molecular complexity index is 1030. The molecule has 1 saturated heterocycles. The van der Waals surface area contributed by atoms with Crippen molar-refractivity contribution in [1.29, 1.82) is 0 Å². The van der Waals surface area contributed by atoms with Gasteiger partial charge >= 0.3 is 11.9 Å². The van der Waals surface area contributed by atoms with Gasteiger partial charge in [0.15, 0.2) is 6.61 Å². The molecule has 1 aliphatic rings. The van der Waals surface area contributed by atoms with E-state index in [4.69, 9.17) is 4.74 Å². The van der Waals surface area contributed by atoms with Crippen LogP contribution in [-0.4, -0.2) is 43.4 Å². The molecule has 0 saturated carbocycles. The van der Waals surface area contributed by atoms with Crippen LogP contribution in [0.3, 0.4) is 0 Å². The van der Waals surface area contributed by atoms with Crippen molar-refractivity contribution in [3.05, 3.63) is 59.7 Å². The van der Waals surface area contributed by atoms with Crippen molar-refractivity contribution in [2.75, 3.05) is 24.0 Å². The number of ether oxygens (including phenoxy) is 2. The third-order valence-corrected chi connectivity index (χ3v) is 4.31. The molecule has 10 nitrogen and oxygen atoms in total. The van der Waals surface area contributed by atoms with E-state index in [1.165, 1.54) is 43.5 Å². The Labute approximate surface area is 177 Å². The Kier molecular flexibility index (Phi) is 6.61. The highest BCUT2D eigenvalue weighted by atomic mass is 16.5. The van der Waals surface area contributed by atoms with Crippen molar-refractivity contribution in [2.24, 2.45) is 0 Å². The highest BCUT2D eigenvalue weighted by Crippen LogP contribution is 2.18. The molecule has 0 aliphatic carbocycles. The number of hydrogen-bond donors (Lipinski definition) is 2. The number of amides is 3. The van der Waals surface area contributed by atoms with Gasteiger partial charge in [-0.1, -0.05) is 6.07 Å². The van der Waals surface area contributed by atoms with E-state index in [1.807, 2.05) is 0 Å². The van der Waals surface area contributed by atoms with E-state index in [0.29, 0.717) is 11.4 Å². The van der Waals surface area contributed by atoms with Crippen LogP contribution in [0.15, 0.2) is 48.5 Å². The van der Waals surface area contributed by atoms with Crippen molar-refractivity contribution in [1.82, 2.24) is 5.43 Å². The van der Waals surface area contributed by atoms with Crippen LogP contribution < -0.4 is 15.8 Å². The van der Waals surface area contributed by atoms with Crippen molar-refractivity contribution in [3.63, 3.8) is 0 Å². The van der Waals surface area contributed by atoms with Crippen LogP contribution in [0.4, 0.5) is 11.4 Å². The number of rotatable bonds is 6. The molecule has 0 radical (unpaired) electrons. The molecule has 2 aromatic carbocycles. The molecule has 160 valence electrons. The maximum Gasteiger partial charge on any atom is 0.338 e. The van der Waals surface area contributed by atoms with Crippen LogP contribution in [0.1, 0.15) is 33.6 Å². The molecule has 1 fully saturated rings. The number of nitrogens with one attached hydrogen (secondary N) is 2. The summed E-state index contributed by atoms with van der Waals surface area (Å²) in [5.41, 5.74) is 3.64. The van der Waals surface area contributed by atoms with E-state index in [9.17, 15) is 24.0 Å². The molecule has 0 atom stereocenters. The lowest BCUT2D eigenvalue weighted by Gasteiger charge is -2.27. The van der Waals surface area contributed by atoms with Crippen LogP contribution in [0.25, 0.3) is 0 Å². The Morgan fingerprint density at radius 2 is 1.74 bits per heavy atom. The predicted molar refractivity (Wildman–Crippen MR) is 108 cm³/mol. The van der Waals surface area contributed by atoms with Crippen LogP contribution in [0.5, 0.6) is 0 Å². The second-order valence-electron chi connectivity index (χ2n) is 6.51. The first-order valence-corrected chi connectivity index (χ1v) is 9.25. The van der Waals surface area contributed by atoms with Gasteiger partial charge in [0.05, 0.1) is 23.9 Å². The molecule has 1 aliphatic heterocycles. The summed E-state index contributed by atoms with van der Waals surface area (Å²) in [5, 5.41) is 3.64. The lowest BCUT2D eigenvalue weighted by atomic mass is 10.2. The van der Waals surface area contributed by atoms with Crippen LogP contribution >= 0.6 is 0 Å². The van der Waals surface area contributed by atoms with E-state index < -0.39 is 24.5 Å². The largest absolute Gasteiger partial charge is 0.465 e. The fourth-order valence-electron chi connectivity index (χ4n) is 2.78. The SMILES string of the molecule is COC(=O)c1cccc(NC(=O)COC(=O)c2ccc(N3NC(=O)CCC3=O)cc2)c1. The number of anilines is 2. The highest BCUT2D eigenvalue weighted by molar-refractivity contribution is 6.01. The fraction of sp³-hybridized carbons (Fsp3) is 0.190. The minimum absolute atomic E-state index is 0.104. The molecule has 0 unspecified atom stereocenters. The van der Waals surface area contributed by atoms with E-state index in [0.717, 1.165) is 5.01 Å². The van der Waals surface area contributed by atoms with Gasteiger partial charge < -0.3 is 14.8 Å². The molecule has 3 rings (SSSR count). The zero-order valence-corrected chi connectivity index (χ0v) is 16.5. The normalized spacial score (nSPS) is 13.3. The summed E-state index contributed by atoms with van der Waals surface area (Å²) < 4.78 is 9.61. The van der Waals surface area contributed by atoms with Crippen LogP contribution in [-0.2, 0) is 23.9 Å². The van der Waals surface area contributed by atoms with Crippen LogP contribution in [0.2, 0.25) is 0 Å². The summed E-state index contributed by atoms with van der Waals surface area (Å²) in [6.45, 7) is -0.538. The second-order valence-corrected chi connectivity index (χ2v) is 6.51. The number of benzene rings is 2. The van der Waals surface area contributed by atoms with Gasteiger partial charge in [0.1, 0.15) is 0 Å². The number of hydrogen-bond acceptors (Lipinski definition) is 7. The minimum atomic E-state index is -0.737. The van der Waals surface area contributed by atoms with Gasteiger partial charge in [-0.05, 0) is 42.5 Å².